The van der Waals surface area contributed by atoms with Gasteiger partial charge in [0.05, 0.1) is 18.4 Å². The van der Waals surface area contributed by atoms with Crippen LogP contribution in [-0.2, 0) is 16.3 Å². The Bertz CT molecular complexity index is 713. The molecule has 0 saturated heterocycles. The fourth-order valence-electron chi connectivity index (χ4n) is 1.99. The van der Waals surface area contributed by atoms with Crippen LogP contribution in [0.4, 0.5) is 13.2 Å². The molecule has 0 N–H and O–H groups in total. The number of aromatic nitrogens is 3. The Morgan fingerprint density at radius 1 is 1.22 bits per heavy atom. The number of methoxy groups -OCH3 is 1. The molecule has 0 aliphatic rings. The number of hydrogen-bond acceptors (Lipinski definition) is 4. The molecule has 0 spiro atoms. The maximum absolute atomic E-state index is 12.6. The van der Waals surface area contributed by atoms with Gasteiger partial charge in [0.1, 0.15) is 5.56 Å². The van der Waals surface area contributed by atoms with Crippen molar-refractivity contribution < 1.29 is 22.7 Å². The van der Waals surface area contributed by atoms with Crippen molar-refractivity contribution in [3.63, 3.8) is 0 Å². The number of esters is 1. The minimum atomic E-state index is -4.45. The van der Waals surface area contributed by atoms with Crippen LogP contribution in [0.1, 0.15) is 42.4 Å². The molecule has 0 amide bonds. The predicted octanol–water partition coefficient (Wildman–Crippen LogP) is 3.37. The number of nitrogens with zero attached hydrogens (tertiary/aromatic N) is 3. The average Bonchev–Trinajstić information content (AvgIpc) is 2.91. The Morgan fingerprint density at radius 2 is 1.87 bits per heavy atom. The Hall–Kier alpha value is -2.38. The molecular formula is C15H16F3N3O2. The zero-order chi connectivity index (χ0) is 17.4. The van der Waals surface area contributed by atoms with Crippen LogP contribution >= 0.6 is 0 Å². The topological polar surface area (TPSA) is 57.0 Å². The van der Waals surface area contributed by atoms with E-state index in [1.54, 1.807) is 0 Å². The molecular weight excluding hydrogens is 311 g/mol. The summed E-state index contributed by atoms with van der Waals surface area (Å²) in [5, 5.41) is 4.28. The molecule has 0 fully saturated rings. The SMILES string of the molecule is COC(=O)c1cn(-c2ccc(C(F)(F)F)cn2)nc1C(C)(C)C. The second-order valence-electron chi connectivity index (χ2n) is 5.98. The molecule has 0 aliphatic carbocycles. The first-order chi connectivity index (χ1) is 10.5. The van der Waals surface area contributed by atoms with Gasteiger partial charge in [-0.15, -0.1) is 0 Å². The summed E-state index contributed by atoms with van der Waals surface area (Å²) in [4.78, 5) is 15.6. The lowest BCUT2D eigenvalue weighted by Crippen LogP contribution is -2.17. The molecule has 2 aromatic heterocycles. The van der Waals surface area contributed by atoms with Crippen LogP contribution in [0.2, 0.25) is 0 Å². The van der Waals surface area contributed by atoms with Crippen molar-refractivity contribution in [3.05, 3.63) is 41.3 Å². The van der Waals surface area contributed by atoms with Crippen molar-refractivity contribution >= 4 is 5.97 Å². The summed E-state index contributed by atoms with van der Waals surface area (Å²) in [6, 6.07) is 2.11. The third kappa shape index (κ3) is 3.52. The third-order valence-corrected chi connectivity index (χ3v) is 3.14. The Balaban J connectivity index is 2.48. The van der Waals surface area contributed by atoms with Crippen LogP contribution in [0.3, 0.4) is 0 Å². The highest BCUT2D eigenvalue weighted by Gasteiger charge is 2.31. The number of halogens is 3. The summed E-state index contributed by atoms with van der Waals surface area (Å²) < 4.78 is 43.7. The average molecular weight is 327 g/mol. The van der Waals surface area contributed by atoms with Gasteiger partial charge in [-0.3, -0.25) is 0 Å². The van der Waals surface area contributed by atoms with Crippen molar-refractivity contribution in [1.29, 1.82) is 0 Å². The summed E-state index contributed by atoms with van der Waals surface area (Å²) in [7, 11) is 1.25. The summed E-state index contributed by atoms with van der Waals surface area (Å²) in [6.07, 6.45) is -2.32. The van der Waals surface area contributed by atoms with E-state index in [-0.39, 0.29) is 11.4 Å². The van der Waals surface area contributed by atoms with Crippen LogP contribution in [0, 0.1) is 0 Å². The molecule has 5 nitrogen and oxygen atoms in total. The Morgan fingerprint density at radius 3 is 2.30 bits per heavy atom. The maximum atomic E-state index is 12.6. The summed E-state index contributed by atoms with van der Waals surface area (Å²) in [5.74, 6) is -0.383. The highest BCUT2D eigenvalue weighted by Crippen LogP contribution is 2.29. The van der Waals surface area contributed by atoms with Crippen molar-refractivity contribution in [3.8, 4) is 5.82 Å². The Kier molecular flexibility index (Phi) is 4.19. The number of pyridine rings is 1. The first kappa shape index (κ1) is 17.0. The van der Waals surface area contributed by atoms with Crippen molar-refractivity contribution in [2.24, 2.45) is 0 Å². The molecule has 0 saturated carbocycles. The first-order valence-electron chi connectivity index (χ1n) is 6.76. The second-order valence-corrected chi connectivity index (χ2v) is 5.98. The molecule has 23 heavy (non-hydrogen) atoms. The van der Waals surface area contributed by atoms with Gasteiger partial charge < -0.3 is 4.74 Å². The normalized spacial score (nSPS) is 12.3. The second kappa shape index (κ2) is 5.68. The minimum absolute atomic E-state index is 0.179. The minimum Gasteiger partial charge on any atom is -0.465 e. The van der Waals surface area contributed by atoms with E-state index in [0.717, 1.165) is 12.3 Å². The monoisotopic (exact) mass is 327 g/mol. The van der Waals surface area contributed by atoms with E-state index in [1.165, 1.54) is 24.1 Å². The highest BCUT2D eigenvalue weighted by atomic mass is 19.4. The van der Waals surface area contributed by atoms with E-state index in [4.69, 9.17) is 4.74 Å². The van der Waals surface area contributed by atoms with Crippen LogP contribution < -0.4 is 0 Å². The van der Waals surface area contributed by atoms with Gasteiger partial charge in [0.15, 0.2) is 5.82 Å². The fraction of sp³-hybridized carbons (Fsp3) is 0.400. The van der Waals surface area contributed by atoms with Crippen LogP contribution in [0.15, 0.2) is 24.5 Å². The maximum Gasteiger partial charge on any atom is 0.417 e. The lowest BCUT2D eigenvalue weighted by molar-refractivity contribution is -0.137. The molecule has 2 heterocycles. The highest BCUT2D eigenvalue weighted by molar-refractivity contribution is 5.90. The molecule has 8 heteroatoms. The quantitative estimate of drug-likeness (QED) is 0.794. The number of alkyl halides is 3. The van der Waals surface area contributed by atoms with Crippen LogP contribution in [0.25, 0.3) is 5.82 Å². The smallest absolute Gasteiger partial charge is 0.417 e. The van der Waals surface area contributed by atoms with E-state index in [1.807, 2.05) is 20.8 Å². The molecule has 2 rings (SSSR count). The van der Waals surface area contributed by atoms with E-state index in [0.29, 0.717) is 5.69 Å². The van der Waals surface area contributed by atoms with Gasteiger partial charge in [-0.25, -0.2) is 14.5 Å². The molecule has 124 valence electrons. The van der Waals surface area contributed by atoms with Gasteiger partial charge >= 0.3 is 12.1 Å². The van der Waals surface area contributed by atoms with E-state index in [9.17, 15) is 18.0 Å². The molecule has 0 bridgehead atoms. The lowest BCUT2D eigenvalue weighted by Gasteiger charge is -2.16. The summed E-state index contributed by atoms with van der Waals surface area (Å²) >= 11 is 0. The number of hydrogen-bond donors (Lipinski definition) is 0. The lowest BCUT2D eigenvalue weighted by atomic mass is 9.90. The number of carbonyl (C=O) groups is 1. The standard InChI is InChI=1S/C15H16F3N3O2/c1-14(2,3)12-10(13(22)23-4)8-21(20-12)11-6-5-9(7-19-11)15(16,17)18/h5-8H,1-4H3. The van der Waals surface area contributed by atoms with Crippen LogP contribution in [-0.4, -0.2) is 27.8 Å². The van der Waals surface area contributed by atoms with Gasteiger partial charge in [-0.05, 0) is 12.1 Å². The third-order valence-electron chi connectivity index (χ3n) is 3.14. The molecule has 2 aromatic rings. The first-order valence-corrected chi connectivity index (χ1v) is 6.76. The fourth-order valence-corrected chi connectivity index (χ4v) is 1.99. The van der Waals surface area contributed by atoms with E-state index >= 15 is 0 Å². The van der Waals surface area contributed by atoms with Gasteiger partial charge in [0.2, 0.25) is 0 Å². The number of carbonyl (C=O) groups excluding carboxylic acids is 1. The molecule has 0 aromatic carbocycles. The summed E-state index contributed by atoms with van der Waals surface area (Å²) in [5.41, 5.74) is -0.564. The molecule has 0 radical (unpaired) electrons. The zero-order valence-electron chi connectivity index (χ0n) is 13.1. The van der Waals surface area contributed by atoms with Gasteiger partial charge in [0, 0.05) is 17.8 Å². The number of ether oxygens (including phenoxy) is 1. The van der Waals surface area contributed by atoms with Crippen molar-refractivity contribution in [1.82, 2.24) is 14.8 Å². The van der Waals surface area contributed by atoms with Gasteiger partial charge in [-0.1, -0.05) is 20.8 Å². The molecule has 0 atom stereocenters. The van der Waals surface area contributed by atoms with Crippen molar-refractivity contribution in [2.75, 3.05) is 7.11 Å². The number of rotatable bonds is 2. The zero-order valence-corrected chi connectivity index (χ0v) is 13.1. The van der Waals surface area contributed by atoms with Gasteiger partial charge in [-0.2, -0.15) is 18.3 Å². The van der Waals surface area contributed by atoms with E-state index in [2.05, 4.69) is 10.1 Å². The molecule has 0 aliphatic heterocycles. The van der Waals surface area contributed by atoms with Gasteiger partial charge in [0.25, 0.3) is 0 Å². The molecule has 0 unspecified atom stereocenters. The predicted molar refractivity (Wildman–Crippen MR) is 76.4 cm³/mol. The largest absolute Gasteiger partial charge is 0.465 e. The van der Waals surface area contributed by atoms with Crippen LogP contribution in [0.5, 0.6) is 0 Å². The summed E-state index contributed by atoms with van der Waals surface area (Å²) in [6.45, 7) is 5.60. The van der Waals surface area contributed by atoms with E-state index < -0.39 is 23.1 Å². The van der Waals surface area contributed by atoms with Crippen molar-refractivity contribution in [2.45, 2.75) is 32.4 Å². The Labute approximate surface area is 131 Å².